The molecule has 0 radical (unpaired) electrons. The third kappa shape index (κ3) is 4.96. The number of benzene rings is 2. The van der Waals surface area contributed by atoms with Crippen LogP contribution in [0.25, 0.3) is 11.4 Å². The molecule has 0 amide bonds. The Morgan fingerprint density at radius 3 is 1.87 bits per heavy atom. The van der Waals surface area contributed by atoms with Gasteiger partial charge in [0.2, 0.25) is 0 Å². The number of aromatic amines is 2. The van der Waals surface area contributed by atoms with Crippen LogP contribution in [0.1, 0.15) is 24.2 Å². The molecule has 0 fully saturated rings. The van der Waals surface area contributed by atoms with Gasteiger partial charge in [-0.2, -0.15) is 0 Å². The Balaban J connectivity index is 1.41. The quantitative estimate of drug-likeness (QED) is 0.240. The van der Waals surface area contributed by atoms with Gasteiger partial charge in [0, 0.05) is 0 Å². The van der Waals surface area contributed by atoms with Gasteiger partial charge in [0.1, 0.15) is 11.4 Å². The maximum absolute atomic E-state index is 12.9. The highest BCUT2D eigenvalue weighted by atomic mass is 35.5. The fraction of sp³-hybridized carbons (Fsp3) is 0.154. The molecule has 10 nitrogen and oxygen atoms in total. The van der Waals surface area contributed by atoms with Crippen molar-refractivity contribution in [3.63, 3.8) is 0 Å². The summed E-state index contributed by atoms with van der Waals surface area (Å²) in [4.78, 5) is 25.7. The SMILES string of the molecule is Cc1[nH]n(C2=CCCC=C2)c(=O)c1N=Nc1cc(Cl)c(N=Nc2c(C)[nH]n(-c3ccccc3)c2=O)cc1Cl. The zero-order valence-electron chi connectivity index (χ0n) is 20.4. The zero-order valence-corrected chi connectivity index (χ0v) is 22.0. The van der Waals surface area contributed by atoms with E-state index >= 15 is 0 Å². The molecule has 12 heteroatoms. The number of rotatable bonds is 6. The van der Waals surface area contributed by atoms with Crippen molar-refractivity contribution in [2.45, 2.75) is 26.7 Å². The maximum atomic E-state index is 12.9. The lowest BCUT2D eigenvalue weighted by molar-refractivity contribution is 0.835. The van der Waals surface area contributed by atoms with Gasteiger partial charge in [0.25, 0.3) is 11.1 Å². The number of halogens is 2. The molecule has 0 atom stereocenters. The topological polar surface area (TPSA) is 125 Å². The summed E-state index contributed by atoms with van der Waals surface area (Å²) in [5.74, 6) is 0. The second-order valence-corrected chi connectivity index (χ2v) is 9.37. The Labute approximate surface area is 226 Å². The van der Waals surface area contributed by atoms with Crippen molar-refractivity contribution in [3.8, 4) is 5.69 Å². The fourth-order valence-corrected chi connectivity index (χ4v) is 4.30. The molecule has 2 aromatic heterocycles. The van der Waals surface area contributed by atoms with Crippen molar-refractivity contribution in [2.75, 3.05) is 0 Å². The van der Waals surface area contributed by atoms with E-state index in [0.717, 1.165) is 18.5 Å². The van der Waals surface area contributed by atoms with Gasteiger partial charge in [-0.3, -0.25) is 19.8 Å². The summed E-state index contributed by atoms with van der Waals surface area (Å²) in [7, 11) is 0. The monoisotopic (exact) mass is 548 g/mol. The van der Waals surface area contributed by atoms with E-state index < -0.39 is 0 Å². The van der Waals surface area contributed by atoms with Crippen LogP contribution in [0.3, 0.4) is 0 Å². The van der Waals surface area contributed by atoms with Crippen LogP contribution < -0.4 is 11.1 Å². The van der Waals surface area contributed by atoms with Crippen LogP contribution in [-0.4, -0.2) is 19.6 Å². The molecule has 38 heavy (non-hydrogen) atoms. The number of nitrogens with one attached hydrogen (secondary N) is 2. The second-order valence-electron chi connectivity index (χ2n) is 8.55. The summed E-state index contributed by atoms with van der Waals surface area (Å²) in [6.07, 6.45) is 7.68. The number of azo groups is 2. The molecule has 5 rings (SSSR count). The molecule has 1 aliphatic carbocycles. The van der Waals surface area contributed by atoms with Crippen LogP contribution in [0.4, 0.5) is 22.7 Å². The number of hydrogen-bond donors (Lipinski definition) is 2. The molecule has 0 saturated carbocycles. The molecule has 4 aromatic rings. The number of aromatic nitrogens is 4. The standard InChI is InChI=1S/C26H22Cl2N8O2/c1-15-23(25(37)35(33-15)17-9-5-3-6-10-17)31-29-21-13-20(28)22(14-19(21)27)30-32-24-16(2)34-36(26(24)38)18-11-7-4-8-12-18/h3,5-7,9-14,33-34H,4,8H2,1-2H3. The van der Waals surface area contributed by atoms with E-state index in [1.807, 2.05) is 36.4 Å². The average Bonchev–Trinajstić information content (AvgIpc) is 3.37. The minimum absolute atomic E-state index is 0.145. The van der Waals surface area contributed by atoms with E-state index in [0.29, 0.717) is 17.1 Å². The van der Waals surface area contributed by atoms with Crippen molar-refractivity contribution in [1.82, 2.24) is 19.6 Å². The molecular weight excluding hydrogens is 527 g/mol. The van der Waals surface area contributed by atoms with Crippen LogP contribution in [-0.2, 0) is 0 Å². The molecular formula is C26H22Cl2N8O2. The summed E-state index contributed by atoms with van der Waals surface area (Å²) in [6, 6.07) is 12.1. The van der Waals surface area contributed by atoms with Crippen molar-refractivity contribution in [1.29, 1.82) is 0 Å². The number of para-hydroxylation sites is 1. The predicted octanol–water partition coefficient (Wildman–Crippen LogP) is 7.60. The summed E-state index contributed by atoms with van der Waals surface area (Å²) in [5, 5.41) is 23.0. The van der Waals surface area contributed by atoms with Crippen molar-refractivity contribution < 1.29 is 0 Å². The molecule has 2 N–H and O–H groups in total. The van der Waals surface area contributed by atoms with Gasteiger partial charge < -0.3 is 0 Å². The van der Waals surface area contributed by atoms with Gasteiger partial charge in [-0.1, -0.05) is 53.6 Å². The number of hydrogen-bond acceptors (Lipinski definition) is 6. The molecule has 0 aliphatic heterocycles. The minimum Gasteiger partial charge on any atom is -0.293 e. The Morgan fingerprint density at radius 1 is 0.763 bits per heavy atom. The highest BCUT2D eigenvalue weighted by molar-refractivity contribution is 6.36. The lowest BCUT2D eigenvalue weighted by Gasteiger charge is -2.06. The smallest absolute Gasteiger partial charge is 0.293 e. The van der Waals surface area contributed by atoms with Gasteiger partial charge in [0.15, 0.2) is 11.4 Å². The first-order valence-electron chi connectivity index (χ1n) is 11.7. The van der Waals surface area contributed by atoms with Gasteiger partial charge in [-0.05, 0) is 57.0 Å². The number of H-pyrrole nitrogens is 2. The summed E-state index contributed by atoms with van der Waals surface area (Å²) >= 11 is 12.8. The highest BCUT2D eigenvalue weighted by Gasteiger charge is 2.15. The normalized spacial score (nSPS) is 13.6. The van der Waals surface area contributed by atoms with E-state index in [4.69, 9.17) is 23.2 Å². The molecule has 0 spiro atoms. The predicted molar refractivity (Wildman–Crippen MR) is 148 cm³/mol. The number of nitrogens with zero attached hydrogens (tertiary/aromatic N) is 6. The van der Waals surface area contributed by atoms with Crippen LogP contribution >= 0.6 is 23.2 Å². The zero-order chi connectivity index (χ0) is 26.8. The first-order valence-corrected chi connectivity index (χ1v) is 12.5. The number of aryl methyl sites for hydroxylation is 2. The Morgan fingerprint density at radius 2 is 1.32 bits per heavy atom. The molecule has 1 aliphatic rings. The minimum atomic E-state index is -0.350. The first kappa shape index (κ1) is 25.4. The van der Waals surface area contributed by atoms with Crippen LogP contribution in [0.2, 0.25) is 10.0 Å². The van der Waals surface area contributed by atoms with E-state index in [-0.39, 0.29) is 43.9 Å². The lowest BCUT2D eigenvalue weighted by Crippen LogP contribution is -2.15. The Kier molecular flexibility index (Phi) is 7.08. The van der Waals surface area contributed by atoms with Crippen molar-refractivity contribution in [2.24, 2.45) is 20.5 Å². The van der Waals surface area contributed by atoms with Crippen LogP contribution in [0.15, 0.2) is 90.7 Å². The maximum Gasteiger partial charge on any atom is 0.299 e. The lowest BCUT2D eigenvalue weighted by atomic mass is 10.1. The third-order valence-electron chi connectivity index (χ3n) is 5.86. The van der Waals surface area contributed by atoms with E-state index in [9.17, 15) is 9.59 Å². The van der Waals surface area contributed by atoms with Gasteiger partial charge in [-0.15, -0.1) is 20.5 Å². The Bertz CT molecular complexity index is 1750. The van der Waals surface area contributed by atoms with E-state index in [1.165, 1.54) is 21.5 Å². The summed E-state index contributed by atoms with van der Waals surface area (Å²) in [5.41, 5.74) is 2.68. The molecule has 0 saturated heterocycles. The first-order chi connectivity index (χ1) is 18.3. The molecule has 2 heterocycles. The van der Waals surface area contributed by atoms with E-state index in [1.54, 1.807) is 26.0 Å². The van der Waals surface area contributed by atoms with Crippen molar-refractivity contribution >= 4 is 51.6 Å². The van der Waals surface area contributed by atoms with Gasteiger partial charge >= 0.3 is 0 Å². The summed E-state index contributed by atoms with van der Waals surface area (Å²) in [6.45, 7) is 3.47. The van der Waals surface area contributed by atoms with Crippen LogP contribution in [0.5, 0.6) is 0 Å². The highest BCUT2D eigenvalue weighted by Crippen LogP contribution is 2.37. The van der Waals surface area contributed by atoms with Gasteiger partial charge in [0.05, 0.1) is 32.8 Å². The second kappa shape index (κ2) is 10.6. The number of allylic oxidation sites excluding steroid dienone is 4. The fourth-order valence-electron chi connectivity index (χ4n) is 3.90. The van der Waals surface area contributed by atoms with Crippen molar-refractivity contribution in [3.05, 3.63) is 103 Å². The van der Waals surface area contributed by atoms with E-state index in [2.05, 4.69) is 30.7 Å². The molecule has 0 unspecified atom stereocenters. The Hall–Kier alpha value is -4.28. The largest absolute Gasteiger partial charge is 0.299 e. The van der Waals surface area contributed by atoms with Crippen LogP contribution in [0, 0.1) is 13.8 Å². The molecule has 0 bridgehead atoms. The van der Waals surface area contributed by atoms with Gasteiger partial charge in [-0.25, -0.2) is 9.36 Å². The summed E-state index contributed by atoms with van der Waals surface area (Å²) < 4.78 is 2.83. The average molecular weight is 549 g/mol. The third-order valence-corrected chi connectivity index (χ3v) is 6.47. The molecule has 192 valence electrons. The molecule has 2 aromatic carbocycles.